The second-order valence-electron chi connectivity index (χ2n) is 3.54. The fourth-order valence-corrected chi connectivity index (χ4v) is 2.86. The summed E-state index contributed by atoms with van der Waals surface area (Å²) >= 11 is 1.82. The van der Waals surface area contributed by atoms with E-state index in [1.165, 1.54) is 17.1 Å². The lowest BCUT2D eigenvalue weighted by Crippen LogP contribution is -2.29. The van der Waals surface area contributed by atoms with Crippen molar-refractivity contribution in [3.63, 3.8) is 0 Å². The van der Waals surface area contributed by atoms with E-state index in [4.69, 9.17) is 0 Å². The Morgan fingerprint density at radius 3 is 3.07 bits per heavy atom. The lowest BCUT2D eigenvalue weighted by Gasteiger charge is -2.23. The molecule has 0 aromatic carbocycles. The average Bonchev–Trinajstić information content (AvgIpc) is 2.59. The van der Waals surface area contributed by atoms with E-state index in [9.17, 15) is 0 Å². The number of aromatic nitrogens is 1. The molecule has 1 aromatic rings. The second-order valence-corrected chi connectivity index (χ2v) is 4.62. The van der Waals surface area contributed by atoms with E-state index in [1.807, 2.05) is 11.3 Å². The number of nitrogens with one attached hydrogen (secondary N) is 1. The monoisotopic (exact) mass is 211 g/mol. The number of anilines is 1. The molecule has 0 radical (unpaired) electrons. The van der Waals surface area contributed by atoms with Crippen LogP contribution in [0.2, 0.25) is 0 Å². The third-order valence-corrected chi connectivity index (χ3v) is 3.63. The summed E-state index contributed by atoms with van der Waals surface area (Å²) in [5.41, 5.74) is 1.32. The molecule has 0 saturated heterocycles. The number of rotatable bonds is 3. The van der Waals surface area contributed by atoms with Gasteiger partial charge in [0.1, 0.15) is 0 Å². The van der Waals surface area contributed by atoms with Crippen LogP contribution in [-0.4, -0.2) is 29.5 Å². The Hall–Kier alpha value is -0.610. The largest absolute Gasteiger partial charge is 0.362 e. The van der Waals surface area contributed by atoms with Gasteiger partial charge in [0.15, 0.2) is 5.13 Å². The standard InChI is InChI=1S/C10H17N3S/c1-3-11-10-12-8-5-6-13(4-2)7-9(8)14-10/h3-7H2,1-2H3,(H,11,12). The van der Waals surface area contributed by atoms with Crippen LogP contribution in [0.25, 0.3) is 0 Å². The molecule has 1 aromatic heterocycles. The van der Waals surface area contributed by atoms with Crippen LogP contribution in [0.4, 0.5) is 5.13 Å². The molecule has 1 aliphatic rings. The van der Waals surface area contributed by atoms with Crippen LogP contribution in [0, 0.1) is 0 Å². The summed E-state index contributed by atoms with van der Waals surface area (Å²) in [5, 5.41) is 4.38. The number of thiazole rings is 1. The molecule has 0 saturated carbocycles. The highest BCUT2D eigenvalue weighted by molar-refractivity contribution is 7.15. The zero-order chi connectivity index (χ0) is 9.97. The highest BCUT2D eigenvalue weighted by Crippen LogP contribution is 2.27. The van der Waals surface area contributed by atoms with Crippen LogP contribution in [0.15, 0.2) is 0 Å². The van der Waals surface area contributed by atoms with Crippen molar-refractivity contribution in [2.24, 2.45) is 0 Å². The fraction of sp³-hybridized carbons (Fsp3) is 0.700. The number of likely N-dealkylation sites (N-methyl/N-ethyl adjacent to an activating group) is 1. The van der Waals surface area contributed by atoms with E-state index in [0.717, 1.165) is 31.2 Å². The van der Waals surface area contributed by atoms with E-state index in [1.54, 1.807) is 0 Å². The van der Waals surface area contributed by atoms with Gasteiger partial charge in [0, 0.05) is 30.9 Å². The van der Waals surface area contributed by atoms with Crippen molar-refractivity contribution >= 4 is 16.5 Å². The minimum absolute atomic E-state index is 0.962. The SMILES string of the molecule is CCNc1nc2c(s1)CN(CC)CC2. The summed E-state index contributed by atoms with van der Waals surface area (Å²) < 4.78 is 0. The van der Waals surface area contributed by atoms with Crippen LogP contribution in [0.1, 0.15) is 24.4 Å². The van der Waals surface area contributed by atoms with Gasteiger partial charge in [0.2, 0.25) is 0 Å². The highest BCUT2D eigenvalue weighted by atomic mass is 32.1. The maximum atomic E-state index is 4.59. The van der Waals surface area contributed by atoms with E-state index in [0.29, 0.717) is 0 Å². The topological polar surface area (TPSA) is 28.2 Å². The zero-order valence-electron chi connectivity index (χ0n) is 8.84. The Morgan fingerprint density at radius 2 is 2.36 bits per heavy atom. The molecular formula is C10H17N3S. The van der Waals surface area contributed by atoms with Crippen LogP contribution in [-0.2, 0) is 13.0 Å². The Balaban J connectivity index is 2.12. The second kappa shape index (κ2) is 4.28. The van der Waals surface area contributed by atoms with Gasteiger partial charge in [-0.2, -0.15) is 0 Å². The lowest BCUT2D eigenvalue weighted by molar-refractivity contribution is 0.270. The Bertz CT molecular complexity index is 308. The van der Waals surface area contributed by atoms with E-state index in [-0.39, 0.29) is 0 Å². The van der Waals surface area contributed by atoms with Gasteiger partial charge in [0.05, 0.1) is 5.69 Å². The summed E-state index contributed by atoms with van der Waals surface area (Å²) in [6.07, 6.45) is 1.12. The molecule has 0 unspecified atom stereocenters. The van der Waals surface area contributed by atoms with Crippen molar-refractivity contribution in [1.29, 1.82) is 0 Å². The molecule has 0 spiro atoms. The smallest absolute Gasteiger partial charge is 0.183 e. The van der Waals surface area contributed by atoms with Gasteiger partial charge in [-0.1, -0.05) is 6.92 Å². The van der Waals surface area contributed by atoms with Crippen LogP contribution >= 0.6 is 11.3 Å². The molecule has 3 nitrogen and oxygen atoms in total. The third-order valence-electron chi connectivity index (χ3n) is 2.59. The molecule has 0 aliphatic carbocycles. The molecule has 0 fully saturated rings. The molecule has 4 heteroatoms. The first-order valence-electron chi connectivity index (χ1n) is 5.28. The third kappa shape index (κ3) is 1.91. The maximum Gasteiger partial charge on any atom is 0.183 e. The van der Waals surface area contributed by atoms with Crippen molar-refractivity contribution in [3.8, 4) is 0 Å². The molecule has 2 rings (SSSR count). The maximum absolute atomic E-state index is 4.59. The Labute approximate surface area is 89.1 Å². The molecule has 1 aliphatic heterocycles. The Kier molecular flexibility index (Phi) is 3.03. The minimum atomic E-state index is 0.962. The zero-order valence-corrected chi connectivity index (χ0v) is 9.65. The van der Waals surface area contributed by atoms with Gasteiger partial charge >= 0.3 is 0 Å². The van der Waals surface area contributed by atoms with Crippen LogP contribution < -0.4 is 5.32 Å². The minimum Gasteiger partial charge on any atom is -0.362 e. The number of hydrogen-bond donors (Lipinski definition) is 1. The molecular weight excluding hydrogens is 194 g/mol. The average molecular weight is 211 g/mol. The van der Waals surface area contributed by atoms with E-state index < -0.39 is 0 Å². The van der Waals surface area contributed by atoms with Gasteiger partial charge in [-0.15, -0.1) is 11.3 Å². The van der Waals surface area contributed by atoms with Crippen LogP contribution in [0.5, 0.6) is 0 Å². The molecule has 2 heterocycles. The molecule has 1 N–H and O–H groups in total. The van der Waals surface area contributed by atoms with E-state index >= 15 is 0 Å². The molecule has 14 heavy (non-hydrogen) atoms. The lowest BCUT2D eigenvalue weighted by atomic mass is 10.2. The van der Waals surface area contributed by atoms with Gasteiger partial charge in [-0.25, -0.2) is 4.98 Å². The first kappa shape index (κ1) is 9.93. The van der Waals surface area contributed by atoms with Crippen molar-refractivity contribution in [1.82, 2.24) is 9.88 Å². The van der Waals surface area contributed by atoms with Crippen molar-refractivity contribution in [2.75, 3.05) is 25.0 Å². The van der Waals surface area contributed by atoms with Crippen molar-refractivity contribution in [3.05, 3.63) is 10.6 Å². The van der Waals surface area contributed by atoms with E-state index in [2.05, 4.69) is 29.0 Å². The van der Waals surface area contributed by atoms with Gasteiger partial charge in [0.25, 0.3) is 0 Å². The van der Waals surface area contributed by atoms with Crippen molar-refractivity contribution in [2.45, 2.75) is 26.8 Å². The number of nitrogens with zero attached hydrogens (tertiary/aromatic N) is 2. The Morgan fingerprint density at radius 1 is 1.50 bits per heavy atom. The van der Waals surface area contributed by atoms with Gasteiger partial charge in [-0.05, 0) is 13.5 Å². The fourth-order valence-electron chi connectivity index (χ4n) is 1.75. The van der Waals surface area contributed by atoms with Gasteiger partial charge < -0.3 is 5.32 Å². The first-order chi connectivity index (χ1) is 6.83. The number of hydrogen-bond acceptors (Lipinski definition) is 4. The predicted molar refractivity (Wildman–Crippen MR) is 60.9 cm³/mol. The van der Waals surface area contributed by atoms with Crippen molar-refractivity contribution < 1.29 is 0 Å². The molecule has 0 bridgehead atoms. The first-order valence-corrected chi connectivity index (χ1v) is 6.10. The normalized spacial score (nSPS) is 16.7. The predicted octanol–water partition coefficient (Wildman–Crippen LogP) is 1.95. The molecule has 0 amide bonds. The van der Waals surface area contributed by atoms with Crippen LogP contribution in [0.3, 0.4) is 0 Å². The highest BCUT2D eigenvalue weighted by Gasteiger charge is 2.18. The molecule has 78 valence electrons. The quantitative estimate of drug-likeness (QED) is 0.828. The summed E-state index contributed by atoms with van der Waals surface area (Å²) in [7, 11) is 0. The summed E-state index contributed by atoms with van der Waals surface area (Å²) in [5.74, 6) is 0. The molecule has 0 atom stereocenters. The number of fused-ring (bicyclic) bond motifs is 1. The summed E-state index contributed by atoms with van der Waals surface area (Å²) in [6, 6.07) is 0. The van der Waals surface area contributed by atoms with Gasteiger partial charge in [-0.3, -0.25) is 4.90 Å². The summed E-state index contributed by atoms with van der Waals surface area (Å²) in [6.45, 7) is 8.70. The summed E-state index contributed by atoms with van der Waals surface area (Å²) in [4.78, 5) is 8.51.